The molecule has 0 spiro atoms. The number of methoxy groups -OCH3 is 1. The Morgan fingerprint density at radius 2 is 1.94 bits per heavy atom. The van der Waals surface area contributed by atoms with Crippen LogP contribution in [0.3, 0.4) is 0 Å². The molecule has 0 aliphatic carbocycles. The second-order valence-electron chi connectivity index (χ2n) is 10.2. The predicted molar refractivity (Wildman–Crippen MR) is 138 cm³/mol. The van der Waals surface area contributed by atoms with Crippen LogP contribution in [0.5, 0.6) is 5.75 Å². The molecule has 0 bridgehead atoms. The highest BCUT2D eigenvalue weighted by Crippen LogP contribution is 2.35. The van der Waals surface area contributed by atoms with Crippen LogP contribution in [0.15, 0.2) is 59.2 Å². The maximum Gasteiger partial charge on any atom is 0.270 e. The van der Waals surface area contributed by atoms with E-state index in [0.29, 0.717) is 17.5 Å². The van der Waals surface area contributed by atoms with Gasteiger partial charge in [-0.1, -0.05) is 18.2 Å². The van der Waals surface area contributed by atoms with Crippen molar-refractivity contribution >= 4 is 27.8 Å². The van der Waals surface area contributed by atoms with Crippen LogP contribution in [0, 0.1) is 5.92 Å². The summed E-state index contributed by atoms with van der Waals surface area (Å²) < 4.78 is 11.1. The first-order valence-electron chi connectivity index (χ1n) is 12.8. The fourth-order valence-corrected chi connectivity index (χ4v) is 6.03. The van der Waals surface area contributed by atoms with Gasteiger partial charge in [0.2, 0.25) is 0 Å². The zero-order valence-corrected chi connectivity index (χ0v) is 20.3. The number of hydrogen-bond acceptors (Lipinski definition) is 4. The zero-order valence-electron chi connectivity index (χ0n) is 20.3. The Labute approximate surface area is 205 Å². The Hall–Kier alpha value is -3.25. The van der Waals surface area contributed by atoms with E-state index in [2.05, 4.69) is 28.1 Å². The molecule has 35 heavy (non-hydrogen) atoms. The highest BCUT2D eigenvalue weighted by molar-refractivity contribution is 5.98. The quantitative estimate of drug-likeness (QED) is 0.408. The largest absolute Gasteiger partial charge is 0.497 e. The Bertz CT molecular complexity index is 1330. The average Bonchev–Trinajstić information content (AvgIpc) is 3.53. The fourth-order valence-electron chi connectivity index (χ4n) is 6.03. The van der Waals surface area contributed by atoms with Gasteiger partial charge < -0.3 is 23.9 Å². The first-order valence-corrected chi connectivity index (χ1v) is 12.8. The van der Waals surface area contributed by atoms with Crippen molar-refractivity contribution in [2.24, 2.45) is 5.92 Å². The molecule has 1 unspecified atom stereocenters. The first kappa shape index (κ1) is 22.2. The number of rotatable bonds is 5. The molecule has 4 aromatic rings. The minimum atomic E-state index is 0.107. The molecule has 4 heterocycles. The smallest absolute Gasteiger partial charge is 0.270 e. The number of carbonyl (C=O) groups excluding carboxylic acids is 1. The lowest BCUT2D eigenvalue weighted by molar-refractivity contribution is 0.0623. The molecule has 2 aliphatic rings. The third kappa shape index (κ3) is 4.43. The van der Waals surface area contributed by atoms with Crippen molar-refractivity contribution in [2.45, 2.75) is 31.6 Å². The molecule has 0 saturated carbocycles. The van der Waals surface area contributed by atoms with Crippen molar-refractivity contribution in [2.75, 3.05) is 39.8 Å². The molecule has 1 N–H and O–H groups in total. The number of furan rings is 1. The SMILES string of the molecule is COc1ccc2[nH]c(C(=O)N3CCCC(CN4CCC(c5coc6ccccc56)CC4)C3)cc2c1. The van der Waals surface area contributed by atoms with Gasteiger partial charge in [-0.2, -0.15) is 0 Å². The van der Waals surface area contributed by atoms with Gasteiger partial charge in [-0.15, -0.1) is 0 Å². The fraction of sp³-hybridized carbons (Fsp3) is 0.414. The summed E-state index contributed by atoms with van der Waals surface area (Å²) >= 11 is 0. The van der Waals surface area contributed by atoms with Crippen LogP contribution in [0.1, 0.15) is 47.7 Å². The van der Waals surface area contributed by atoms with E-state index < -0.39 is 0 Å². The second-order valence-corrected chi connectivity index (χ2v) is 10.2. The molecule has 2 fully saturated rings. The number of carbonyl (C=O) groups is 1. The molecule has 0 radical (unpaired) electrons. The van der Waals surface area contributed by atoms with Gasteiger partial charge in [0, 0.05) is 41.5 Å². The van der Waals surface area contributed by atoms with Crippen molar-refractivity contribution in [3.63, 3.8) is 0 Å². The molecular weight excluding hydrogens is 438 g/mol. The topological polar surface area (TPSA) is 61.7 Å². The van der Waals surface area contributed by atoms with Crippen LogP contribution in [-0.2, 0) is 0 Å². The summed E-state index contributed by atoms with van der Waals surface area (Å²) in [6.07, 6.45) is 6.56. The van der Waals surface area contributed by atoms with Crippen molar-refractivity contribution < 1.29 is 13.9 Å². The minimum Gasteiger partial charge on any atom is -0.497 e. The number of ether oxygens (including phenoxy) is 1. The van der Waals surface area contributed by atoms with Crippen LogP contribution in [0.25, 0.3) is 21.9 Å². The van der Waals surface area contributed by atoms with Gasteiger partial charge in [-0.3, -0.25) is 4.79 Å². The van der Waals surface area contributed by atoms with E-state index >= 15 is 0 Å². The van der Waals surface area contributed by atoms with Gasteiger partial charge in [-0.05, 0) is 80.9 Å². The standard InChI is InChI=1S/C29H33N3O3/c1-34-23-8-9-26-22(15-23)16-27(30-26)29(33)32-12-4-5-20(18-32)17-31-13-10-21(11-14-31)25-19-35-28-7-3-2-6-24(25)28/h2-3,6-9,15-16,19-21,30H,4-5,10-14,17-18H2,1H3. The second kappa shape index (κ2) is 9.42. The van der Waals surface area contributed by atoms with Gasteiger partial charge in [0.15, 0.2) is 0 Å². The maximum atomic E-state index is 13.3. The third-order valence-corrected chi connectivity index (χ3v) is 7.92. The van der Waals surface area contributed by atoms with Crippen LogP contribution in [0.2, 0.25) is 0 Å². The van der Waals surface area contributed by atoms with Crippen molar-refractivity contribution in [3.05, 3.63) is 66.1 Å². The Kier molecular flexibility index (Phi) is 5.98. The molecule has 2 aliphatic heterocycles. The Morgan fingerprint density at radius 1 is 1.09 bits per heavy atom. The van der Waals surface area contributed by atoms with Gasteiger partial charge in [0.25, 0.3) is 5.91 Å². The van der Waals surface area contributed by atoms with Gasteiger partial charge in [0.1, 0.15) is 17.0 Å². The van der Waals surface area contributed by atoms with E-state index in [-0.39, 0.29) is 5.91 Å². The van der Waals surface area contributed by atoms with Gasteiger partial charge in [-0.25, -0.2) is 0 Å². The number of hydrogen-bond donors (Lipinski definition) is 1. The highest BCUT2D eigenvalue weighted by atomic mass is 16.5. The number of likely N-dealkylation sites (tertiary alicyclic amines) is 2. The van der Waals surface area contributed by atoms with E-state index in [4.69, 9.17) is 9.15 Å². The number of aromatic nitrogens is 1. The normalized spacial score (nSPS) is 20.0. The number of nitrogens with one attached hydrogen (secondary N) is 1. The van der Waals surface area contributed by atoms with Gasteiger partial charge in [0.05, 0.1) is 13.4 Å². The molecule has 2 aromatic carbocycles. The molecule has 6 heteroatoms. The predicted octanol–water partition coefficient (Wildman–Crippen LogP) is 5.65. The summed E-state index contributed by atoms with van der Waals surface area (Å²) in [5.74, 6) is 2.01. The lowest BCUT2D eigenvalue weighted by Crippen LogP contribution is -2.45. The van der Waals surface area contributed by atoms with Crippen LogP contribution < -0.4 is 4.74 Å². The highest BCUT2D eigenvalue weighted by Gasteiger charge is 2.29. The van der Waals surface area contributed by atoms with E-state index in [9.17, 15) is 4.79 Å². The van der Waals surface area contributed by atoms with E-state index in [1.165, 1.54) is 17.4 Å². The number of aromatic amines is 1. The van der Waals surface area contributed by atoms with Crippen molar-refractivity contribution in [1.29, 1.82) is 0 Å². The summed E-state index contributed by atoms with van der Waals surface area (Å²) in [6.45, 7) is 4.97. The number of fused-ring (bicyclic) bond motifs is 2. The molecular formula is C29H33N3O3. The molecule has 2 aromatic heterocycles. The van der Waals surface area contributed by atoms with Crippen LogP contribution >= 0.6 is 0 Å². The summed E-state index contributed by atoms with van der Waals surface area (Å²) in [6, 6.07) is 16.2. The summed E-state index contributed by atoms with van der Waals surface area (Å²) in [4.78, 5) is 21.2. The lowest BCUT2D eigenvalue weighted by Gasteiger charge is -2.38. The summed E-state index contributed by atoms with van der Waals surface area (Å²) in [5.41, 5.74) is 4.00. The molecule has 182 valence electrons. The number of benzene rings is 2. The molecule has 1 amide bonds. The molecule has 6 rings (SSSR count). The third-order valence-electron chi connectivity index (χ3n) is 7.92. The number of nitrogens with zero attached hydrogens (tertiary/aromatic N) is 2. The van der Waals surface area contributed by atoms with Crippen LogP contribution in [-0.4, -0.2) is 60.5 Å². The first-order chi connectivity index (χ1) is 17.2. The maximum absolute atomic E-state index is 13.3. The number of para-hydroxylation sites is 1. The van der Waals surface area contributed by atoms with Crippen molar-refractivity contribution in [1.82, 2.24) is 14.8 Å². The molecule has 2 saturated heterocycles. The monoisotopic (exact) mass is 471 g/mol. The van der Waals surface area contributed by atoms with E-state index in [1.807, 2.05) is 41.5 Å². The van der Waals surface area contributed by atoms with E-state index in [0.717, 1.165) is 74.2 Å². The molecule has 1 atom stereocenters. The Morgan fingerprint density at radius 3 is 2.80 bits per heavy atom. The summed E-state index contributed by atoms with van der Waals surface area (Å²) in [5, 5.41) is 2.28. The van der Waals surface area contributed by atoms with Gasteiger partial charge >= 0.3 is 0 Å². The minimum absolute atomic E-state index is 0.107. The summed E-state index contributed by atoms with van der Waals surface area (Å²) in [7, 11) is 1.66. The van der Waals surface area contributed by atoms with Crippen LogP contribution in [0.4, 0.5) is 0 Å². The average molecular weight is 472 g/mol. The zero-order chi connectivity index (χ0) is 23.8. The number of H-pyrrole nitrogens is 1. The van der Waals surface area contributed by atoms with E-state index in [1.54, 1.807) is 7.11 Å². The lowest BCUT2D eigenvalue weighted by atomic mass is 9.88. The molecule has 6 nitrogen and oxygen atoms in total. The van der Waals surface area contributed by atoms with Crippen molar-refractivity contribution in [3.8, 4) is 5.75 Å². The Balaban J connectivity index is 1.06. The number of piperidine rings is 2. The number of amides is 1.